The van der Waals surface area contributed by atoms with E-state index < -0.39 is 10.9 Å². The first kappa shape index (κ1) is 12.2. The molecule has 2 heterocycles. The number of carboxylic acids is 1. The van der Waals surface area contributed by atoms with E-state index in [1.807, 2.05) is 0 Å². The van der Waals surface area contributed by atoms with Gasteiger partial charge in [-0.2, -0.15) is 0 Å². The molecule has 0 aromatic carbocycles. The van der Waals surface area contributed by atoms with Gasteiger partial charge in [-0.3, -0.25) is 14.7 Å². The molecule has 1 N–H and O–H groups in total. The summed E-state index contributed by atoms with van der Waals surface area (Å²) in [6.07, 6.45) is 3.70. The summed E-state index contributed by atoms with van der Waals surface area (Å²) in [5, 5.41) is 19.6. The van der Waals surface area contributed by atoms with Gasteiger partial charge in [-0.05, 0) is 15.9 Å². The Morgan fingerprint density at radius 1 is 1.50 bits per heavy atom. The predicted octanol–water partition coefficient (Wildman–Crippen LogP) is 1.64. The Kier molecular flexibility index (Phi) is 3.06. The van der Waals surface area contributed by atoms with E-state index in [-0.39, 0.29) is 17.2 Å². The Bertz CT molecular complexity index is 639. The van der Waals surface area contributed by atoms with Crippen LogP contribution >= 0.6 is 15.9 Å². The van der Waals surface area contributed by atoms with Crippen LogP contribution in [0.25, 0.3) is 5.82 Å². The summed E-state index contributed by atoms with van der Waals surface area (Å²) in [6, 6.07) is 1.28. The highest BCUT2D eigenvalue weighted by molar-refractivity contribution is 9.10. The van der Waals surface area contributed by atoms with E-state index >= 15 is 0 Å². The second-order valence-corrected chi connectivity index (χ2v) is 4.14. The molecule has 2 aromatic heterocycles. The Labute approximate surface area is 108 Å². The maximum Gasteiger partial charge on any atom is 0.356 e. The van der Waals surface area contributed by atoms with Gasteiger partial charge >= 0.3 is 11.7 Å². The first-order valence-electron chi connectivity index (χ1n) is 4.56. The molecule has 0 unspecified atom stereocenters. The maximum absolute atomic E-state index is 10.9. The van der Waals surface area contributed by atoms with E-state index in [2.05, 4.69) is 25.9 Å². The predicted molar refractivity (Wildman–Crippen MR) is 62.7 cm³/mol. The molecular formula is C9H5BrN4O4. The molecule has 0 saturated carbocycles. The highest BCUT2D eigenvalue weighted by Crippen LogP contribution is 2.24. The lowest BCUT2D eigenvalue weighted by molar-refractivity contribution is -0.384. The smallest absolute Gasteiger partial charge is 0.356 e. The molecule has 0 spiro atoms. The van der Waals surface area contributed by atoms with E-state index in [0.717, 1.165) is 12.5 Å². The largest absolute Gasteiger partial charge is 0.476 e. The lowest BCUT2D eigenvalue weighted by atomic mass is 10.4. The SMILES string of the molecule is O=C(O)c1cn(-c2ncc(Br)cc2[N+](=O)[O-])cn1. The summed E-state index contributed by atoms with van der Waals surface area (Å²) in [6.45, 7) is 0. The minimum absolute atomic E-state index is 0.00296. The van der Waals surface area contributed by atoms with Crippen LogP contribution in [-0.4, -0.2) is 30.5 Å². The minimum Gasteiger partial charge on any atom is -0.476 e. The fourth-order valence-electron chi connectivity index (χ4n) is 1.30. The van der Waals surface area contributed by atoms with Gasteiger partial charge in [0.1, 0.15) is 6.33 Å². The van der Waals surface area contributed by atoms with E-state index in [1.54, 1.807) is 0 Å². The van der Waals surface area contributed by atoms with Gasteiger partial charge in [0.2, 0.25) is 5.82 Å². The van der Waals surface area contributed by atoms with E-state index in [9.17, 15) is 14.9 Å². The van der Waals surface area contributed by atoms with Crippen LogP contribution in [0.1, 0.15) is 10.5 Å². The number of rotatable bonds is 3. The van der Waals surface area contributed by atoms with E-state index in [1.165, 1.54) is 16.8 Å². The highest BCUT2D eigenvalue weighted by atomic mass is 79.9. The van der Waals surface area contributed by atoms with Gasteiger partial charge in [0.25, 0.3) is 0 Å². The van der Waals surface area contributed by atoms with Crippen LogP contribution < -0.4 is 0 Å². The number of hydrogen-bond donors (Lipinski definition) is 1. The number of imidazole rings is 1. The molecule has 0 fully saturated rings. The molecule has 18 heavy (non-hydrogen) atoms. The average Bonchev–Trinajstić information content (AvgIpc) is 2.78. The molecular weight excluding hydrogens is 308 g/mol. The summed E-state index contributed by atoms with van der Waals surface area (Å²) in [5.41, 5.74) is -0.465. The number of carboxylic acid groups (broad SMARTS) is 1. The quantitative estimate of drug-likeness (QED) is 0.681. The molecule has 0 aliphatic heterocycles. The van der Waals surface area contributed by atoms with Gasteiger partial charge in [-0.15, -0.1) is 0 Å². The van der Waals surface area contributed by atoms with Crippen LogP contribution in [0, 0.1) is 10.1 Å². The fraction of sp³-hybridized carbons (Fsp3) is 0. The van der Waals surface area contributed by atoms with Gasteiger partial charge in [0.15, 0.2) is 5.69 Å². The zero-order valence-corrected chi connectivity index (χ0v) is 10.2. The number of halogens is 1. The normalized spacial score (nSPS) is 10.3. The van der Waals surface area contributed by atoms with Gasteiger partial charge in [0.05, 0.1) is 4.92 Å². The van der Waals surface area contributed by atoms with Crippen molar-refractivity contribution < 1.29 is 14.8 Å². The molecule has 0 bridgehead atoms. The monoisotopic (exact) mass is 312 g/mol. The highest BCUT2D eigenvalue weighted by Gasteiger charge is 2.19. The maximum atomic E-state index is 10.9. The zero-order chi connectivity index (χ0) is 13.3. The molecule has 0 radical (unpaired) electrons. The number of aromatic nitrogens is 3. The van der Waals surface area contributed by atoms with Crippen LogP contribution in [-0.2, 0) is 0 Å². The molecule has 2 aromatic rings. The summed E-state index contributed by atoms with van der Waals surface area (Å²) in [5.74, 6) is -1.21. The summed E-state index contributed by atoms with van der Waals surface area (Å²) < 4.78 is 1.64. The lowest BCUT2D eigenvalue weighted by Crippen LogP contribution is -2.01. The number of nitrogens with zero attached hydrogens (tertiary/aromatic N) is 4. The Morgan fingerprint density at radius 3 is 2.78 bits per heavy atom. The van der Waals surface area contributed by atoms with E-state index in [4.69, 9.17) is 5.11 Å². The molecule has 0 saturated heterocycles. The molecule has 0 amide bonds. The molecule has 92 valence electrons. The fourth-order valence-corrected chi connectivity index (χ4v) is 1.62. The van der Waals surface area contributed by atoms with Crippen LogP contribution in [0.3, 0.4) is 0 Å². The third-order valence-electron chi connectivity index (χ3n) is 2.06. The van der Waals surface area contributed by atoms with E-state index in [0.29, 0.717) is 4.47 Å². The van der Waals surface area contributed by atoms with Crippen LogP contribution in [0.4, 0.5) is 5.69 Å². The van der Waals surface area contributed by atoms with Gasteiger partial charge in [0, 0.05) is 22.9 Å². The van der Waals surface area contributed by atoms with Crippen molar-refractivity contribution in [2.75, 3.05) is 0 Å². The molecule has 2 rings (SSSR count). The zero-order valence-electron chi connectivity index (χ0n) is 8.65. The lowest BCUT2D eigenvalue weighted by Gasteiger charge is -2.02. The Balaban J connectivity index is 2.55. The van der Waals surface area contributed by atoms with Crippen molar-refractivity contribution in [3.8, 4) is 5.82 Å². The first-order valence-corrected chi connectivity index (χ1v) is 5.36. The summed E-state index contributed by atoms with van der Waals surface area (Å²) >= 11 is 3.08. The molecule has 0 aliphatic rings. The summed E-state index contributed by atoms with van der Waals surface area (Å²) in [4.78, 5) is 28.4. The van der Waals surface area contributed by atoms with Crippen molar-refractivity contribution in [1.82, 2.24) is 14.5 Å². The summed E-state index contributed by atoms with van der Waals surface area (Å²) in [7, 11) is 0. The van der Waals surface area contributed by atoms with Crippen LogP contribution in [0.5, 0.6) is 0 Å². The van der Waals surface area contributed by atoms with Crippen molar-refractivity contribution in [1.29, 1.82) is 0 Å². The van der Waals surface area contributed by atoms with Crippen molar-refractivity contribution in [2.45, 2.75) is 0 Å². The van der Waals surface area contributed by atoms with Gasteiger partial charge in [-0.25, -0.2) is 14.8 Å². The number of pyridine rings is 1. The number of hydrogen-bond acceptors (Lipinski definition) is 5. The minimum atomic E-state index is -1.21. The first-order chi connectivity index (χ1) is 8.49. The van der Waals surface area contributed by atoms with Gasteiger partial charge < -0.3 is 5.11 Å². The molecule has 0 aliphatic carbocycles. The van der Waals surface area contributed by atoms with Crippen LogP contribution in [0.2, 0.25) is 0 Å². The van der Waals surface area contributed by atoms with Crippen molar-refractivity contribution >= 4 is 27.6 Å². The standard InChI is InChI=1S/C9H5BrN4O4/c10-5-1-7(14(17)18)8(11-2-5)13-3-6(9(15)16)12-4-13/h1-4H,(H,15,16). The van der Waals surface area contributed by atoms with Gasteiger partial charge in [-0.1, -0.05) is 0 Å². The topological polar surface area (TPSA) is 111 Å². The molecule has 8 nitrogen and oxygen atoms in total. The number of aromatic carboxylic acids is 1. The third kappa shape index (κ3) is 2.20. The van der Waals surface area contributed by atoms with Crippen molar-refractivity contribution in [2.24, 2.45) is 0 Å². The Hall–Kier alpha value is -2.29. The average molecular weight is 313 g/mol. The van der Waals surface area contributed by atoms with Crippen molar-refractivity contribution in [3.63, 3.8) is 0 Å². The third-order valence-corrected chi connectivity index (χ3v) is 2.49. The van der Waals surface area contributed by atoms with Crippen molar-refractivity contribution in [3.05, 3.63) is 45.1 Å². The number of carbonyl (C=O) groups is 1. The molecule has 9 heteroatoms. The molecule has 0 atom stereocenters. The number of nitro groups is 1. The Morgan fingerprint density at radius 2 is 2.22 bits per heavy atom. The second kappa shape index (κ2) is 4.53. The van der Waals surface area contributed by atoms with Crippen LogP contribution in [0.15, 0.2) is 29.3 Å². The second-order valence-electron chi connectivity index (χ2n) is 3.22.